The van der Waals surface area contributed by atoms with E-state index in [2.05, 4.69) is 5.32 Å². The van der Waals surface area contributed by atoms with E-state index in [4.69, 9.17) is 0 Å². The molecular formula is C9H9F4N. The van der Waals surface area contributed by atoms with Crippen molar-refractivity contribution in [2.75, 3.05) is 11.9 Å². The zero-order chi connectivity index (χ0) is 10.8. The van der Waals surface area contributed by atoms with Crippen molar-refractivity contribution >= 4 is 5.69 Å². The predicted molar refractivity (Wildman–Crippen MR) is 45.7 cm³/mol. The van der Waals surface area contributed by atoms with Gasteiger partial charge in [0.05, 0.1) is 0 Å². The topological polar surface area (TPSA) is 12.0 Å². The summed E-state index contributed by atoms with van der Waals surface area (Å²) >= 11 is 0. The molecule has 0 amide bonds. The molecule has 1 rings (SSSR count). The van der Waals surface area contributed by atoms with E-state index in [1.165, 1.54) is 12.1 Å². The van der Waals surface area contributed by atoms with E-state index in [9.17, 15) is 17.6 Å². The lowest BCUT2D eigenvalue weighted by Gasteiger charge is -2.09. The van der Waals surface area contributed by atoms with Crippen LogP contribution >= 0.6 is 0 Å². The van der Waals surface area contributed by atoms with E-state index < -0.39 is 18.5 Å². The standard InChI is InChI=1S/C9H9F4N/c1-6-2-7(10)4-8(3-6)14-5-9(11,12)13/h2-4,14H,5H2,1H3. The van der Waals surface area contributed by atoms with Crippen LogP contribution in [0.4, 0.5) is 23.2 Å². The number of alkyl halides is 3. The molecule has 0 heterocycles. The third-order valence-electron chi connectivity index (χ3n) is 1.54. The van der Waals surface area contributed by atoms with Crippen molar-refractivity contribution in [3.8, 4) is 0 Å². The summed E-state index contributed by atoms with van der Waals surface area (Å²) < 4.78 is 48.1. The fourth-order valence-electron chi connectivity index (χ4n) is 1.04. The molecule has 0 saturated carbocycles. The Kier molecular flexibility index (Phi) is 2.98. The molecule has 0 atom stereocenters. The van der Waals surface area contributed by atoms with E-state index in [1.54, 1.807) is 6.92 Å². The summed E-state index contributed by atoms with van der Waals surface area (Å²) in [5, 5.41) is 2.10. The Bertz CT molecular complexity index is 299. The van der Waals surface area contributed by atoms with Crippen LogP contribution in [-0.2, 0) is 0 Å². The maximum Gasteiger partial charge on any atom is 0.405 e. The summed E-state index contributed by atoms with van der Waals surface area (Å²) in [6.45, 7) is 0.456. The summed E-state index contributed by atoms with van der Waals surface area (Å²) in [7, 11) is 0. The average molecular weight is 207 g/mol. The monoisotopic (exact) mass is 207 g/mol. The molecule has 0 aliphatic heterocycles. The normalized spacial score (nSPS) is 11.5. The number of anilines is 1. The van der Waals surface area contributed by atoms with Crippen LogP contribution in [0.15, 0.2) is 18.2 Å². The molecule has 1 nitrogen and oxygen atoms in total. The van der Waals surface area contributed by atoms with E-state index in [-0.39, 0.29) is 5.69 Å². The number of hydrogen-bond acceptors (Lipinski definition) is 1. The Morgan fingerprint density at radius 3 is 2.36 bits per heavy atom. The summed E-state index contributed by atoms with van der Waals surface area (Å²) in [5.74, 6) is -0.547. The van der Waals surface area contributed by atoms with Crippen LogP contribution in [0.2, 0.25) is 0 Å². The third-order valence-corrected chi connectivity index (χ3v) is 1.54. The molecule has 0 radical (unpaired) electrons. The minimum Gasteiger partial charge on any atom is -0.376 e. The number of benzene rings is 1. The molecule has 0 fully saturated rings. The lowest BCUT2D eigenvalue weighted by Crippen LogP contribution is -2.21. The van der Waals surface area contributed by atoms with Gasteiger partial charge in [0.1, 0.15) is 12.4 Å². The van der Waals surface area contributed by atoms with Gasteiger partial charge in [0, 0.05) is 5.69 Å². The molecule has 0 aromatic heterocycles. The molecule has 1 aromatic rings. The number of rotatable bonds is 2. The van der Waals surface area contributed by atoms with Gasteiger partial charge in [-0.15, -0.1) is 0 Å². The van der Waals surface area contributed by atoms with Gasteiger partial charge in [-0.05, 0) is 30.7 Å². The largest absolute Gasteiger partial charge is 0.405 e. The second-order valence-corrected chi connectivity index (χ2v) is 2.99. The second-order valence-electron chi connectivity index (χ2n) is 2.99. The van der Waals surface area contributed by atoms with Crippen LogP contribution in [0, 0.1) is 12.7 Å². The smallest absolute Gasteiger partial charge is 0.376 e. The molecule has 0 unspecified atom stereocenters. The Balaban J connectivity index is 2.68. The molecular weight excluding hydrogens is 198 g/mol. The van der Waals surface area contributed by atoms with Crippen molar-refractivity contribution in [3.05, 3.63) is 29.6 Å². The van der Waals surface area contributed by atoms with Gasteiger partial charge in [-0.3, -0.25) is 0 Å². The van der Waals surface area contributed by atoms with E-state index in [1.807, 2.05) is 0 Å². The van der Waals surface area contributed by atoms with Crippen LogP contribution < -0.4 is 5.32 Å². The first-order chi connectivity index (χ1) is 6.37. The molecule has 1 aromatic carbocycles. The molecule has 0 aliphatic carbocycles. The van der Waals surface area contributed by atoms with Crippen LogP contribution in [0.1, 0.15) is 5.56 Å². The number of aryl methyl sites for hydroxylation is 1. The quantitative estimate of drug-likeness (QED) is 0.734. The molecule has 14 heavy (non-hydrogen) atoms. The van der Waals surface area contributed by atoms with Crippen molar-refractivity contribution in [3.63, 3.8) is 0 Å². The van der Waals surface area contributed by atoms with E-state index in [0.29, 0.717) is 5.56 Å². The molecule has 5 heteroatoms. The zero-order valence-electron chi connectivity index (χ0n) is 7.45. The Morgan fingerprint density at radius 2 is 1.86 bits per heavy atom. The maximum atomic E-state index is 12.7. The highest BCUT2D eigenvalue weighted by atomic mass is 19.4. The van der Waals surface area contributed by atoms with Gasteiger partial charge in [0.15, 0.2) is 0 Å². The van der Waals surface area contributed by atoms with Crippen molar-refractivity contribution < 1.29 is 17.6 Å². The fourth-order valence-corrected chi connectivity index (χ4v) is 1.04. The van der Waals surface area contributed by atoms with Crippen LogP contribution in [0.25, 0.3) is 0 Å². The van der Waals surface area contributed by atoms with Crippen molar-refractivity contribution in [1.29, 1.82) is 0 Å². The molecule has 78 valence electrons. The summed E-state index contributed by atoms with van der Waals surface area (Å²) in [4.78, 5) is 0. The molecule has 0 spiro atoms. The summed E-state index contributed by atoms with van der Waals surface area (Å²) in [6, 6.07) is 3.73. The van der Waals surface area contributed by atoms with Gasteiger partial charge in [-0.1, -0.05) is 0 Å². The highest BCUT2D eigenvalue weighted by molar-refractivity contribution is 5.46. The maximum absolute atomic E-state index is 12.7. The highest BCUT2D eigenvalue weighted by Crippen LogP contribution is 2.18. The van der Waals surface area contributed by atoms with Crippen molar-refractivity contribution in [2.45, 2.75) is 13.1 Å². The van der Waals surface area contributed by atoms with Gasteiger partial charge in [0.25, 0.3) is 0 Å². The SMILES string of the molecule is Cc1cc(F)cc(NCC(F)(F)F)c1. The van der Waals surface area contributed by atoms with E-state index in [0.717, 1.165) is 6.07 Å². The predicted octanol–water partition coefficient (Wildman–Crippen LogP) is 3.11. The second kappa shape index (κ2) is 3.86. The van der Waals surface area contributed by atoms with E-state index >= 15 is 0 Å². The average Bonchev–Trinajstić information content (AvgIpc) is 1.97. The van der Waals surface area contributed by atoms with Crippen LogP contribution in [0.5, 0.6) is 0 Å². The van der Waals surface area contributed by atoms with Gasteiger partial charge in [0.2, 0.25) is 0 Å². The lowest BCUT2D eigenvalue weighted by atomic mass is 10.2. The van der Waals surface area contributed by atoms with Crippen LogP contribution in [-0.4, -0.2) is 12.7 Å². The van der Waals surface area contributed by atoms with Crippen molar-refractivity contribution in [1.82, 2.24) is 0 Å². The van der Waals surface area contributed by atoms with Gasteiger partial charge < -0.3 is 5.32 Å². The zero-order valence-corrected chi connectivity index (χ0v) is 7.45. The first-order valence-electron chi connectivity index (χ1n) is 3.95. The molecule has 0 saturated heterocycles. The Labute approximate surface area is 78.7 Å². The molecule has 1 N–H and O–H groups in total. The van der Waals surface area contributed by atoms with Gasteiger partial charge in [-0.2, -0.15) is 13.2 Å². The fraction of sp³-hybridized carbons (Fsp3) is 0.333. The Morgan fingerprint density at radius 1 is 1.21 bits per heavy atom. The first kappa shape index (κ1) is 10.8. The molecule has 0 bridgehead atoms. The first-order valence-corrected chi connectivity index (χ1v) is 3.95. The third kappa shape index (κ3) is 3.64. The summed E-state index contributed by atoms with van der Waals surface area (Å²) in [5.41, 5.74) is 0.717. The lowest BCUT2D eigenvalue weighted by molar-refractivity contribution is -0.115. The highest BCUT2D eigenvalue weighted by Gasteiger charge is 2.26. The summed E-state index contributed by atoms with van der Waals surface area (Å²) in [6.07, 6.45) is -4.29. The molecule has 0 aliphatic rings. The van der Waals surface area contributed by atoms with Crippen LogP contribution in [0.3, 0.4) is 0 Å². The number of halogens is 4. The minimum atomic E-state index is -4.29. The minimum absolute atomic E-state index is 0.139. The Hall–Kier alpha value is -1.26. The number of hydrogen-bond donors (Lipinski definition) is 1. The van der Waals surface area contributed by atoms with Gasteiger partial charge in [-0.25, -0.2) is 4.39 Å². The number of nitrogens with one attached hydrogen (secondary N) is 1. The van der Waals surface area contributed by atoms with Crippen molar-refractivity contribution in [2.24, 2.45) is 0 Å². The van der Waals surface area contributed by atoms with Gasteiger partial charge >= 0.3 is 6.18 Å².